The highest BCUT2D eigenvalue weighted by Crippen LogP contribution is 2.23. The molecule has 0 atom stereocenters. The van der Waals surface area contributed by atoms with Gasteiger partial charge in [0.25, 0.3) is 0 Å². The van der Waals surface area contributed by atoms with Crippen molar-refractivity contribution in [3.8, 4) is 6.07 Å². The number of hydrogen-bond acceptors (Lipinski definition) is 4. The van der Waals surface area contributed by atoms with Gasteiger partial charge in [-0.2, -0.15) is 5.26 Å². The monoisotopic (exact) mass is 377 g/mol. The number of halogens is 2. The van der Waals surface area contributed by atoms with Crippen molar-refractivity contribution < 1.29 is 9.18 Å². The third kappa shape index (κ3) is 5.73. The van der Waals surface area contributed by atoms with E-state index in [1.807, 2.05) is 6.07 Å². The van der Waals surface area contributed by atoms with E-state index in [1.54, 1.807) is 6.07 Å². The van der Waals surface area contributed by atoms with Gasteiger partial charge in [-0.1, -0.05) is 24.9 Å². The van der Waals surface area contributed by atoms with Crippen LogP contribution in [0.25, 0.3) is 0 Å². The lowest BCUT2D eigenvalue weighted by molar-refractivity contribution is -0.115. The summed E-state index contributed by atoms with van der Waals surface area (Å²) in [5.74, 6) is -0.256. The van der Waals surface area contributed by atoms with Crippen LogP contribution >= 0.6 is 23.4 Å². The van der Waals surface area contributed by atoms with Crippen molar-refractivity contribution in [2.75, 3.05) is 11.1 Å². The zero-order valence-corrected chi connectivity index (χ0v) is 15.3. The van der Waals surface area contributed by atoms with Crippen molar-refractivity contribution >= 4 is 35.0 Å². The molecular formula is C18H17ClFN3OS. The number of nitriles is 1. The Morgan fingerprint density at radius 3 is 2.88 bits per heavy atom. The minimum absolute atomic E-state index is 0.0391. The third-order valence-corrected chi connectivity index (χ3v) is 4.60. The van der Waals surface area contributed by atoms with E-state index in [4.69, 9.17) is 16.9 Å². The van der Waals surface area contributed by atoms with Crippen LogP contribution in [0.1, 0.15) is 31.0 Å². The van der Waals surface area contributed by atoms with Crippen LogP contribution in [0.2, 0.25) is 5.02 Å². The molecule has 1 aromatic carbocycles. The molecule has 25 heavy (non-hydrogen) atoms. The normalized spacial score (nSPS) is 10.3. The van der Waals surface area contributed by atoms with E-state index in [2.05, 4.69) is 23.3 Å². The number of rotatable bonds is 7. The standard InChI is InChI=1S/C18H17ClFN3OS/c1-2-3-13-5-4-12(11-21)18(23-13)25-9-8-17(24)22-14-6-7-16(20)15(19)10-14/h4-7,10H,2-3,8-9H2,1H3,(H,22,24). The number of amides is 1. The summed E-state index contributed by atoms with van der Waals surface area (Å²) in [6.07, 6.45) is 2.07. The number of nitrogens with zero attached hydrogens (tertiary/aromatic N) is 2. The molecule has 4 nitrogen and oxygen atoms in total. The summed E-state index contributed by atoms with van der Waals surface area (Å²) in [4.78, 5) is 16.5. The van der Waals surface area contributed by atoms with Crippen LogP contribution < -0.4 is 5.32 Å². The minimum Gasteiger partial charge on any atom is -0.326 e. The van der Waals surface area contributed by atoms with Gasteiger partial charge in [0.15, 0.2) is 0 Å². The molecular weight excluding hydrogens is 361 g/mol. The first kappa shape index (κ1) is 19.2. The Hall–Kier alpha value is -2.10. The summed E-state index contributed by atoms with van der Waals surface area (Å²) in [5.41, 5.74) is 1.90. The van der Waals surface area contributed by atoms with E-state index in [1.165, 1.54) is 30.0 Å². The number of pyridine rings is 1. The van der Waals surface area contributed by atoms with Crippen molar-refractivity contribution in [2.24, 2.45) is 0 Å². The van der Waals surface area contributed by atoms with Gasteiger partial charge in [-0.05, 0) is 36.8 Å². The molecule has 1 aromatic heterocycles. The highest BCUT2D eigenvalue weighted by atomic mass is 35.5. The Labute approximate surface area is 155 Å². The highest BCUT2D eigenvalue weighted by molar-refractivity contribution is 7.99. The van der Waals surface area contributed by atoms with Gasteiger partial charge in [0.05, 0.1) is 10.6 Å². The highest BCUT2D eigenvalue weighted by Gasteiger charge is 2.09. The fraction of sp³-hybridized carbons (Fsp3) is 0.278. The van der Waals surface area contributed by atoms with Gasteiger partial charge in [-0.25, -0.2) is 9.37 Å². The SMILES string of the molecule is CCCc1ccc(C#N)c(SCCC(=O)Nc2ccc(F)c(Cl)c2)n1. The maximum atomic E-state index is 13.1. The van der Waals surface area contributed by atoms with E-state index in [-0.39, 0.29) is 17.4 Å². The number of nitrogens with one attached hydrogen (secondary N) is 1. The minimum atomic E-state index is -0.530. The number of benzene rings is 1. The molecule has 2 aromatic rings. The molecule has 1 amide bonds. The number of aryl methyl sites for hydroxylation is 1. The maximum Gasteiger partial charge on any atom is 0.225 e. The Kier molecular flexibility index (Phi) is 7.23. The molecule has 0 saturated carbocycles. The Morgan fingerprint density at radius 1 is 1.40 bits per heavy atom. The van der Waals surface area contributed by atoms with E-state index >= 15 is 0 Å². The molecule has 0 unspecified atom stereocenters. The van der Waals surface area contributed by atoms with E-state index in [0.29, 0.717) is 22.0 Å². The Bertz CT molecular complexity index is 807. The first-order valence-corrected chi connectivity index (χ1v) is 9.17. The summed E-state index contributed by atoms with van der Waals surface area (Å²) in [5, 5.41) is 12.4. The predicted octanol–water partition coefficient (Wildman–Crippen LogP) is 4.82. The van der Waals surface area contributed by atoms with Crippen LogP contribution in [-0.2, 0) is 11.2 Å². The van der Waals surface area contributed by atoms with Crippen LogP contribution in [-0.4, -0.2) is 16.6 Å². The largest absolute Gasteiger partial charge is 0.326 e. The van der Waals surface area contributed by atoms with E-state index < -0.39 is 5.82 Å². The van der Waals surface area contributed by atoms with Gasteiger partial charge in [-0.15, -0.1) is 11.8 Å². The molecule has 1 heterocycles. The van der Waals surface area contributed by atoms with E-state index in [0.717, 1.165) is 18.5 Å². The second-order valence-corrected chi connectivity index (χ2v) is 6.78. The van der Waals surface area contributed by atoms with Gasteiger partial charge in [-0.3, -0.25) is 4.79 Å². The van der Waals surface area contributed by atoms with Gasteiger partial charge in [0.2, 0.25) is 5.91 Å². The molecule has 130 valence electrons. The van der Waals surface area contributed by atoms with Crippen molar-refractivity contribution in [3.05, 3.63) is 52.4 Å². The number of carbonyl (C=O) groups excluding carboxylic acids is 1. The zero-order valence-electron chi connectivity index (χ0n) is 13.7. The van der Waals surface area contributed by atoms with Crippen molar-refractivity contribution in [2.45, 2.75) is 31.2 Å². The molecule has 0 aliphatic rings. The fourth-order valence-corrected chi connectivity index (χ4v) is 3.22. The third-order valence-electron chi connectivity index (χ3n) is 3.32. The molecule has 0 radical (unpaired) electrons. The zero-order chi connectivity index (χ0) is 18.2. The van der Waals surface area contributed by atoms with Crippen LogP contribution in [0.5, 0.6) is 0 Å². The van der Waals surface area contributed by atoms with Crippen molar-refractivity contribution in [1.29, 1.82) is 5.26 Å². The first-order valence-electron chi connectivity index (χ1n) is 7.81. The molecule has 7 heteroatoms. The smallest absolute Gasteiger partial charge is 0.225 e. The summed E-state index contributed by atoms with van der Waals surface area (Å²) in [7, 11) is 0. The van der Waals surface area contributed by atoms with E-state index in [9.17, 15) is 9.18 Å². The summed E-state index contributed by atoms with van der Waals surface area (Å²) < 4.78 is 13.1. The molecule has 0 saturated heterocycles. The lowest BCUT2D eigenvalue weighted by Crippen LogP contribution is -2.12. The van der Waals surface area contributed by atoms with Crippen molar-refractivity contribution in [1.82, 2.24) is 4.98 Å². The Morgan fingerprint density at radius 2 is 2.20 bits per heavy atom. The van der Waals surface area contributed by atoms with Gasteiger partial charge in [0, 0.05) is 23.6 Å². The fourth-order valence-electron chi connectivity index (χ4n) is 2.11. The van der Waals surface area contributed by atoms with Gasteiger partial charge >= 0.3 is 0 Å². The summed E-state index contributed by atoms with van der Waals surface area (Å²) >= 11 is 7.06. The molecule has 0 bridgehead atoms. The van der Waals surface area contributed by atoms with Crippen LogP contribution in [0.4, 0.5) is 10.1 Å². The van der Waals surface area contributed by atoms with Crippen molar-refractivity contribution in [3.63, 3.8) is 0 Å². The number of carbonyl (C=O) groups is 1. The molecule has 1 N–H and O–H groups in total. The molecule has 0 fully saturated rings. The molecule has 0 aliphatic heterocycles. The lowest BCUT2D eigenvalue weighted by atomic mass is 10.2. The number of anilines is 1. The molecule has 0 spiro atoms. The lowest BCUT2D eigenvalue weighted by Gasteiger charge is -2.07. The topological polar surface area (TPSA) is 65.8 Å². The molecule has 2 rings (SSSR count). The second kappa shape index (κ2) is 9.40. The maximum absolute atomic E-state index is 13.1. The number of aromatic nitrogens is 1. The Balaban J connectivity index is 1.91. The second-order valence-electron chi connectivity index (χ2n) is 5.29. The summed E-state index contributed by atoms with van der Waals surface area (Å²) in [6.45, 7) is 2.07. The number of thioether (sulfide) groups is 1. The van der Waals surface area contributed by atoms with Crippen LogP contribution in [0.15, 0.2) is 35.4 Å². The quantitative estimate of drug-likeness (QED) is 0.702. The van der Waals surface area contributed by atoms with Gasteiger partial charge in [0.1, 0.15) is 16.9 Å². The average molecular weight is 378 g/mol. The van der Waals surface area contributed by atoms with Crippen LogP contribution in [0, 0.1) is 17.1 Å². The number of hydrogen-bond donors (Lipinski definition) is 1. The first-order chi connectivity index (χ1) is 12.0. The summed E-state index contributed by atoms with van der Waals surface area (Å²) in [6, 6.07) is 9.77. The van der Waals surface area contributed by atoms with Crippen LogP contribution in [0.3, 0.4) is 0 Å². The predicted molar refractivity (Wildman–Crippen MR) is 98.3 cm³/mol. The van der Waals surface area contributed by atoms with Gasteiger partial charge < -0.3 is 5.32 Å². The average Bonchev–Trinajstić information content (AvgIpc) is 2.59. The molecule has 0 aliphatic carbocycles.